The number of piperidine rings is 1. The van der Waals surface area contributed by atoms with Crippen molar-refractivity contribution in [2.45, 2.75) is 76.4 Å². The molecule has 1 aliphatic carbocycles. The molecule has 9 nitrogen and oxygen atoms in total. The van der Waals surface area contributed by atoms with Gasteiger partial charge >= 0.3 is 6.18 Å². The minimum atomic E-state index is -4.59. The molecule has 244 valence electrons. The number of carbonyl (C=O) groups excluding carboxylic acids is 2. The fourth-order valence-corrected chi connectivity index (χ4v) is 6.34. The Hall–Kier alpha value is -4.09. The summed E-state index contributed by atoms with van der Waals surface area (Å²) in [4.78, 5) is 29.7. The van der Waals surface area contributed by atoms with Crippen LogP contribution in [0.1, 0.15) is 80.0 Å². The first-order valence-electron chi connectivity index (χ1n) is 15.6. The Morgan fingerprint density at radius 2 is 1.71 bits per heavy atom. The normalized spacial score (nSPS) is 18.2. The van der Waals surface area contributed by atoms with Crippen molar-refractivity contribution < 1.29 is 28.0 Å². The third-order valence-corrected chi connectivity index (χ3v) is 9.09. The van der Waals surface area contributed by atoms with E-state index in [9.17, 15) is 22.8 Å². The summed E-state index contributed by atoms with van der Waals surface area (Å²) >= 11 is 0. The van der Waals surface area contributed by atoms with E-state index >= 15 is 0 Å². The number of halogens is 3. The van der Waals surface area contributed by atoms with Crippen molar-refractivity contribution in [3.05, 3.63) is 70.8 Å². The summed E-state index contributed by atoms with van der Waals surface area (Å²) in [7, 11) is 0. The van der Waals surface area contributed by atoms with Gasteiger partial charge in [0.1, 0.15) is 6.04 Å². The lowest BCUT2D eigenvalue weighted by Crippen LogP contribution is -2.53. The van der Waals surface area contributed by atoms with Crippen LogP contribution in [0.15, 0.2) is 53.7 Å². The second-order valence-corrected chi connectivity index (χ2v) is 12.2. The third-order valence-electron chi connectivity index (χ3n) is 9.09. The zero-order chi connectivity index (χ0) is 32.6. The highest BCUT2D eigenvalue weighted by Gasteiger charge is 2.35. The monoisotopic (exact) mass is 628 g/mol. The number of benzene rings is 2. The SMILES string of the molecule is CC(=N)N1CCC(CNC(=O)[C@@H](NC(=O)C(Cc2ccc(/C(N)=N/O)cc2)c2cccc(C(F)(F)F)c2)C2CCCCC2)CC1. The number of amidine groups is 2. The Labute approximate surface area is 261 Å². The minimum Gasteiger partial charge on any atom is -0.409 e. The first kappa shape index (κ1) is 33.8. The molecule has 45 heavy (non-hydrogen) atoms. The standard InChI is InChI=1S/C33H43F3N6O3/c1-21(37)42-16-14-23(15-17-42)20-39-32(44)29(24-6-3-2-4-7-24)40-31(43)28(26-8-5-9-27(19-26)33(34,35)36)18-22-10-12-25(13-11-22)30(38)41-45/h5,8-13,19,23-24,28-29,37,45H,2-4,6-7,14-18,20H2,1H3,(H2,38,41)(H,39,44)(H,40,43)/t28?,29-/m0/s1. The Kier molecular flexibility index (Phi) is 11.5. The quantitative estimate of drug-likeness (QED) is 0.109. The van der Waals surface area contributed by atoms with Crippen LogP contribution < -0.4 is 16.4 Å². The van der Waals surface area contributed by atoms with E-state index in [4.69, 9.17) is 16.4 Å². The smallest absolute Gasteiger partial charge is 0.409 e. The van der Waals surface area contributed by atoms with Crippen LogP contribution in [0, 0.1) is 17.2 Å². The topological polar surface area (TPSA) is 144 Å². The number of alkyl halides is 3. The van der Waals surface area contributed by atoms with Crippen molar-refractivity contribution in [2.75, 3.05) is 19.6 Å². The lowest BCUT2D eigenvalue weighted by Gasteiger charge is -2.34. The lowest BCUT2D eigenvalue weighted by molar-refractivity contribution is -0.137. The van der Waals surface area contributed by atoms with Crippen molar-refractivity contribution in [1.82, 2.24) is 15.5 Å². The van der Waals surface area contributed by atoms with Crippen LogP contribution in [0.4, 0.5) is 13.2 Å². The molecule has 6 N–H and O–H groups in total. The molecule has 2 aromatic carbocycles. The van der Waals surface area contributed by atoms with Crippen LogP contribution in [0.5, 0.6) is 0 Å². The van der Waals surface area contributed by atoms with Gasteiger partial charge < -0.3 is 26.5 Å². The van der Waals surface area contributed by atoms with Gasteiger partial charge in [0.25, 0.3) is 0 Å². The summed E-state index contributed by atoms with van der Waals surface area (Å²) in [6.45, 7) is 3.76. The van der Waals surface area contributed by atoms with Gasteiger partial charge in [0.15, 0.2) is 5.84 Å². The van der Waals surface area contributed by atoms with Crippen LogP contribution >= 0.6 is 0 Å². The average Bonchev–Trinajstić information content (AvgIpc) is 3.05. The number of oxime groups is 1. The molecule has 2 fully saturated rings. The number of carbonyl (C=O) groups is 2. The average molecular weight is 629 g/mol. The van der Waals surface area contributed by atoms with Crippen LogP contribution in [0.3, 0.4) is 0 Å². The first-order valence-corrected chi connectivity index (χ1v) is 15.6. The molecule has 1 saturated heterocycles. The van der Waals surface area contributed by atoms with Crippen molar-refractivity contribution >= 4 is 23.5 Å². The molecule has 2 atom stereocenters. The van der Waals surface area contributed by atoms with E-state index in [1.807, 2.05) is 4.90 Å². The summed E-state index contributed by atoms with van der Waals surface area (Å²) in [6.07, 6.45) is 1.68. The predicted octanol–water partition coefficient (Wildman–Crippen LogP) is 5.02. The van der Waals surface area contributed by atoms with Gasteiger partial charge in [0, 0.05) is 25.2 Å². The van der Waals surface area contributed by atoms with Crippen LogP contribution in [0.25, 0.3) is 0 Å². The van der Waals surface area contributed by atoms with Gasteiger partial charge in [-0.1, -0.05) is 66.9 Å². The predicted molar refractivity (Wildman–Crippen MR) is 166 cm³/mol. The van der Waals surface area contributed by atoms with Crippen molar-refractivity contribution in [3.8, 4) is 0 Å². The first-order chi connectivity index (χ1) is 21.5. The Bertz CT molecular complexity index is 1350. The maximum absolute atomic E-state index is 14.0. The van der Waals surface area contributed by atoms with Crippen LogP contribution in [-0.2, 0) is 22.2 Å². The van der Waals surface area contributed by atoms with Crippen molar-refractivity contribution in [1.29, 1.82) is 5.41 Å². The molecule has 4 rings (SSSR count). The number of amides is 2. The number of hydrogen-bond donors (Lipinski definition) is 5. The van der Waals surface area contributed by atoms with Crippen LogP contribution in [-0.4, -0.2) is 59.3 Å². The summed E-state index contributed by atoms with van der Waals surface area (Å²) in [5, 5.41) is 25.8. The van der Waals surface area contributed by atoms with Gasteiger partial charge in [-0.3, -0.25) is 15.0 Å². The molecule has 0 aromatic heterocycles. The molecular weight excluding hydrogens is 585 g/mol. The number of nitrogens with two attached hydrogens (primary N) is 1. The molecule has 2 aliphatic rings. The van der Waals surface area contributed by atoms with E-state index in [1.165, 1.54) is 12.1 Å². The Morgan fingerprint density at radius 1 is 1.04 bits per heavy atom. The van der Waals surface area contributed by atoms with Crippen molar-refractivity contribution in [3.63, 3.8) is 0 Å². The maximum atomic E-state index is 14.0. The molecule has 0 bridgehead atoms. The van der Waals surface area contributed by atoms with Crippen LogP contribution in [0.2, 0.25) is 0 Å². The molecular formula is C33H43F3N6O3. The zero-order valence-corrected chi connectivity index (χ0v) is 25.6. The minimum absolute atomic E-state index is 0.0766. The molecule has 0 spiro atoms. The molecule has 12 heteroatoms. The van der Waals surface area contributed by atoms with E-state index in [0.29, 0.717) is 23.5 Å². The highest BCUT2D eigenvalue weighted by atomic mass is 19.4. The van der Waals surface area contributed by atoms with E-state index in [2.05, 4.69) is 15.8 Å². The second-order valence-electron chi connectivity index (χ2n) is 12.2. The highest BCUT2D eigenvalue weighted by Crippen LogP contribution is 2.33. The van der Waals surface area contributed by atoms with E-state index < -0.39 is 29.6 Å². The molecule has 2 aromatic rings. The maximum Gasteiger partial charge on any atom is 0.416 e. The van der Waals surface area contributed by atoms with Gasteiger partial charge in [0.2, 0.25) is 11.8 Å². The number of nitrogens with zero attached hydrogens (tertiary/aromatic N) is 2. The molecule has 0 radical (unpaired) electrons. The van der Waals surface area contributed by atoms with E-state index in [1.54, 1.807) is 31.2 Å². The number of rotatable bonds is 10. The van der Waals surface area contributed by atoms with Gasteiger partial charge in [0.05, 0.1) is 17.3 Å². The summed E-state index contributed by atoms with van der Waals surface area (Å²) in [5.74, 6) is -1.17. The fraction of sp³-hybridized carbons (Fsp3) is 0.515. The van der Waals surface area contributed by atoms with E-state index in [-0.39, 0.29) is 35.6 Å². The third kappa shape index (κ3) is 9.21. The Balaban J connectivity index is 1.55. The Morgan fingerprint density at radius 3 is 2.31 bits per heavy atom. The molecule has 1 aliphatic heterocycles. The number of hydrogen-bond acceptors (Lipinski definition) is 5. The molecule has 1 saturated carbocycles. The number of nitrogens with one attached hydrogen (secondary N) is 3. The van der Waals surface area contributed by atoms with Gasteiger partial charge in [-0.15, -0.1) is 0 Å². The summed E-state index contributed by atoms with van der Waals surface area (Å²) in [6, 6.07) is 10.5. The van der Waals surface area contributed by atoms with Gasteiger partial charge in [-0.2, -0.15) is 13.2 Å². The largest absolute Gasteiger partial charge is 0.416 e. The molecule has 1 heterocycles. The second kappa shape index (κ2) is 15.3. The molecule has 2 amide bonds. The summed E-state index contributed by atoms with van der Waals surface area (Å²) < 4.78 is 41.0. The highest BCUT2D eigenvalue weighted by molar-refractivity contribution is 5.97. The number of likely N-dealkylation sites (tertiary alicyclic amines) is 1. The van der Waals surface area contributed by atoms with Gasteiger partial charge in [-0.25, -0.2) is 0 Å². The van der Waals surface area contributed by atoms with Gasteiger partial charge in [-0.05, 0) is 68.1 Å². The molecule has 1 unspecified atom stereocenters. The lowest BCUT2D eigenvalue weighted by atomic mass is 9.82. The summed E-state index contributed by atoms with van der Waals surface area (Å²) in [5.41, 5.74) is 6.12. The fourth-order valence-electron chi connectivity index (χ4n) is 6.34. The zero-order valence-electron chi connectivity index (χ0n) is 25.6. The van der Waals surface area contributed by atoms with Crippen molar-refractivity contribution in [2.24, 2.45) is 22.7 Å². The van der Waals surface area contributed by atoms with E-state index in [0.717, 1.165) is 70.2 Å².